The quantitative estimate of drug-likeness (QED) is 0.862. The van der Waals surface area contributed by atoms with Crippen molar-refractivity contribution in [3.8, 4) is 0 Å². The van der Waals surface area contributed by atoms with E-state index in [1.807, 2.05) is 36.0 Å². The van der Waals surface area contributed by atoms with Crippen molar-refractivity contribution in [3.63, 3.8) is 0 Å². The number of thiocarbonyl (C=S) groups is 1. The van der Waals surface area contributed by atoms with Gasteiger partial charge in [0.1, 0.15) is 10.8 Å². The van der Waals surface area contributed by atoms with E-state index >= 15 is 0 Å². The third-order valence-corrected chi connectivity index (χ3v) is 5.68. The number of fused-ring (bicyclic) bond motifs is 1. The molecule has 1 aliphatic rings. The smallest absolute Gasteiger partial charge is 0.139 e. The Morgan fingerprint density at radius 2 is 2.14 bits per heavy atom. The molecular weight excluding hydrogens is 298 g/mol. The molecule has 0 radical (unpaired) electrons. The molecule has 2 N–H and O–H groups in total. The van der Waals surface area contributed by atoms with Gasteiger partial charge in [0.2, 0.25) is 0 Å². The summed E-state index contributed by atoms with van der Waals surface area (Å²) < 4.78 is 0. The molecule has 2 heterocycles. The second-order valence-electron chi connectivity index (χ2n) is 5.43. The molecule has 0 aliphatic carbocycles. The SMILES string of the molecule is CC1SCCN(c2nc3ccccc3cc2C(N)=S)C1C. The van der Waals surface area contributed by atoms with Crippen LogP contribution in [0.3, 0.4) is 0 Å². The minimum Gasteiger partial charge on any atom is -0.389 e. The molecule has 0 saturated carbocycles. The van der Waals surface area contributed by atoms with Crippen molar-refractivity contribution in [2.45, 2.75) is 25.1 Å². The van der Waals surface area contributed by atoms with E-state index in [2.05, 4.69) is 24.8 Å². The highest BCUT2D eigenvalue weighted by Crippen LogP contribution is 2.31. The molecule has 2 aromatic rings. The Hall–Kier alpha value is -1.33. The van der Waals surface area contributed by atoms with Gasteiger partial charge in [-0.1, -0.05) is 37.3 Å². The van der Waals surface area contributed by atoms with Gasteiger partial charge in [0, 0.05) is 29.0 Å². The average Bonchev–Trinajstić information content (AvgIpc) is 2.48. The van der Waals surface area contributed by atoms with Crippen molar-refractivity contribution in [3.05, 3.63) is 35.9 Å². The number of benzene rings is 1. The lowest BCUT2D eigenvalue weighted by Crippen LogP contribution is -2.46. The minimum atomic E-state index is 0.418. The summed E-state index contributed by atoms with van der Waals surface area (Å²) in [5, 5.41) is 1.65. The molecule has 2 unspecified atom stereocenters. The Morgan fingerprint density at radius 1 is 1.38 bits per heavy atom. The summed E-state index contributed by atoms with van der Waals surface area (Å²) in [6.07, 6.45) is 0. The third-order valence-electron chi connectivity index (χ3n) is 4.13. The number of aromatic nitrogens is 1. The number of rotatable bonds is 2. The molecule has 2 atom stereocenters. The number of hydrogen-bond acceptors (Lipinski definition) is 4. The van der Waals surface area contributed by atoms with Gasteiger partial charge in [-0.2, -0.15) is 11.8 Å². The fourth-order valence-electron chi connectivity index (χ4n) is 2.74. The van der Waals surface area contributed by atoms with Crippen LogP contribution in [0.5, 0.6) is 0 Å². The lowest BCUT2D eigenvalue weighted by Gasteiger charge is -2.39. The predicted molar refractivity (Wildman–Crippen MR) is 96.4 cm³/mol. The monoisotopic (exact) mass is 317 g/mol. The Morgan fingerprint density at radius 3 is 2.90 bits per heavy atom. The first-order valence-corrected chi connectivity index (χ1v) is 8.61. The number of pyridine rings is 1. The van der Waals surface area contributed by atoms with Crippen molar-refractivity contribution in [1.29, 1.82) is 0 Å². The van der Waals surface area contributed by atoms with Gasteiger partial charge in [-0.15, -0.1) is 0 Å². The maximum absolute atomic E-state index is 5.95. The van der Waals surface area contributed by atoms with Crippen molar-refractivity contribution in [2.75, 3.05) is 17.2 Å². The second kappa shape index (κ2) is 5.81. The molecule has 3 rings (SSSR count). The lowest BCUT2D eigenvalue weighted by molar-refractivity contribution is 0.621. The van der Waals surface area contributed by atoms with Crippen LogP contribution in [0.2, 0.25) is 0 Å². The maximum atomic E-state index is 5.95. The highest BCUT2D eigenvalue weighted by atomic mass is 32.2. The summed E-state index contributed by atoms with van der Waals surface area (Å²) in [6, 6.07) is 10.6. The fourth-order valence-corrected chi connectivity index (χ4v) is 3.99. The Balaban J connectivity index is 2.15. The van der Waals surface area contributed by atoms with Crippen LogP contribution in [0.15, 0.2) is 30.3 Å². The molecule has 5 heteroatoms. The number of nitrogens with zero attached hydrogens (tertiary/aromatic N) is 2. The average molecular weight is 317 g/mol. The van der Waals surface area contributed by atoms with Gasteiger partial charge in [-0.05, 0) is 19.1 Å². The van der Waals surface area contributed by atoms with E-state index in [0.29, 0.717) is 16.3 Å². The van der Waals surface area contributed by atoms with Gasteiger partial charge < -0.3 is 10.6 Å². The Kier molecular flexibility index (Phi) is 4.04. The molecule has 1 aliphatic heterocycles. The number of nitrogens with two attached hydrogens (primary N) is 1. The van der Waals surface area contributed by atoms with E-state index in [9.17, 15) is 0 Å². The number of para-hydroxylation sites is 1. The van der Waals surface area contributed by atoms with E-state index < -0.39 is 0 Å². The van der Waals surface area contributed by atoms with Crippen LogP contribution in [0, 0.1) is 0 Å². The van der Waals surface area contributed by atoms with Crippen LogP contribution in [-0.2, 0) is 0 Å². The van der Waals surface area contributed by atoms with E-state index in [-0.39, 0.29) is 0 Å². The highest BCUT2D eigenvalue weighted by Gasteiger charge is 2.28. The molecule has 3 nitrogen and oxygen atoms in total. The van der Waals surface area contributed by atoms with E-state index in [4.69, 9.17) is 22.9 Å². The normalized spacial score (nSPS) is 22.5. The van der Waals surface area contributed by atoms with E-state index in [1.54, 1.807) is 0 Å². The summed E-state index contributed by atoms with van der Waals surface area (Å²) in [4.78, 5) is 7.62. The number of hydrogen-bond donors (Lipinski definition) is 1. The molecule has 1 fully saturated rings. The summed E-state index contributed by atoms with van der Waals surface area (Å²) in [7, 11) is 0. The number of thioether (sulfide) groups is 1. The van der Waals surface area contributed by atoms with Gasteiger partial charge >= 0.3 is 0 Å². The fraction of sp³-hybridized carbons (Fsp3) is 0.375. The lowest BCUT2D eigenvalue weighted by atomic mass is 10.1. The number of anilines is 1. The third kappa shape index (κ3) is 2.72. The van der Waals surface area contributed by atoms with Crippen LogP contribution in [-0.4, -0.2) is 33.6 Å². The first kappa shape index (κ1) is 14.6. The van der Waals surface area contributed by atoms with Gasteiger partial charge in [0.05, 0.1) is 11.1 Å². The first-order valence-electron chi connectivity index (χ1n) is 7.16. The van der Waals surface area contributed by atoms with Gasteiger partial charge in [0.15, 0.2) is 0 Å². The van der Waals surface area contributed by atoms with Gasteiger partial charge in [-0.25, -0.2) is 4.98 Å². The Labute approximate surface area is 134 Å². The van der Waals surface area contributed by atoms with Gasteiger partial charge in [-0.3, -0.25) is 0 Å². The van der Waals surface area contributed by atoms with Crippen molar-refractivity contribution in [2.24, 2.45) is 5.73 Å². The Bertz CT molecular complexity index is 686. The van der Waals surface area contributed by atoms with E-state index in [1.165, 1.54) is 0 Å². The largest absolute Gasteiger partial charge is 0.389 e. The van der Waals surface area contributed by atoms with Crippen LogP contribution >= 0.6 is 24.0 Å². The summed E-state index contributed by atoms with van der Waals surface area (Å²) in [5.74, 6) is 2.04. The van der Waals surface area contributed by atoms with Crippen molar-refractivity contribution < 1.29 is 0 Å². The molecule has 1 aromatic carbocycles. The zero-order valence-corrected chi connectivity index (χ0v) is 13.9. The molecule has 0 amide bonds. The summed E-state index contributed by atoms with van der Waals surface area (Å²) >= 11 is 7.26. The molecule has 1 saturated heterocycles. The minimum absolute atomic E-state index is 0.418. The standard InChI is InChI=1S/C16H19N3S2/c1-10-11(2)21-8-7-19(10)16-13(15(17)20)9-12-5-3-4-6-14(12)18-16/h3-6,9-11H,7-8H2,1-2H3,(H2,17,20). The molecule has 0 spiro atoms. The van der Waals surface area contributed by atoms with Gasteiger partial charge in [0.25, 0.3) is 0 Å². The zero-order valence-electron chi connectivity index (χ0n) is 12.2. The summed E-state index contributed by atoms with van der Waals surface area (Å²) in [5.41, 5.74) is 7.83. The van der Waals surface area contributed by atoms with Crippen molar-refractivity contribution in [1.82, 2.24) is 4.98 Å². The molecule has 1 aromatic heterocycles. The first-order chi connectivity index (χ1) is 10.1. The van der Waals surface area contributed by atoms with Crippen LogP contribution in [0.25, 0.3) is 10.9 Å². The zero-order chi connectivity index (χ0) is 15.0. The molecule has 0 bridgehead atoms. The van der Waals surface area contributed by atoms with Crippen LogP contribution < -0.4 is 10.6 Å². The van der Waals surface area contributed by atoms with Crippen molar-refractivity contribution >= 4 is 45.7 Å². The topological polar surface area (TPSA) is 42.2 Å². The van der Waals surface area contributed by atoms with E-state index in [0.717, 1.165) is 34.6 Å². The maximum Gasteiger partial charge on any atom is 0.139 e. The molecular formula is C16H19N3S2. The highest BCUT2D eigenvalue weighted by molar-refractivity contribution is 8.00. The second-order valence-corrected chi connectivity index (χ2v) is 7.35. The summed E-state index contributed by atoms with van der Waals surface area (Å²) in [6.45, 7) is 5.50. The molecule has 110 valence electrons. The molecule has 21 heavy (non-hydrogen) atoms. The predicted octanol–water partition coefficient (Wildman–Crippen LogP) is 3.20. The van der Waals surface area contributed by atoms with Crippen LogP contribution in [0.4, 0.5) is 5.82 Å². The van der Waals surface area contributed by atoms with Crippen LogP contribution in [0.1, 0.15) is 19.4 Å².